The first-order valence-electron chi connectivity index (χ1n) is 19.3. The summed E-state index contributed by atoms with van der Waals surface area (Å²) in [4.78, 5) is 60.6. The number of ketones is 1. The van der Waals surface area contributed by atoms with Gasteiger partial charge in [0.1, 0.15) is 29.1 Å². The number of nitrogen functional groups attached to an aromatic ring is 2. The predicted octanol–water partition coefficient (Wildman–Crippen LogP) is 2.32. The van der Waals surface area contributed by atoms with Gasteiger partial charge in [0.15, 0.2) is 11.2 Å². The van der Waals surface area contributed by atoms with Gasteiger partial charge in [-0.3, -0.25) is 9.59 Å². The van der Waals surface area contributed by atoms with Crippen LogP contribution in [-0.2, 0) is 29.0 Å². The lowest BCUT2D eigenvalue weighted by atomic mass is 10.1. The number of rotatable bonds is 16. The summed E-state index contributed by atoms with van der Waals surface area (Å²) in [7, 11) is 0. The molecule has 8 rings (SSSR count). The second-order valence-corrected chi connectivity index (χ2v) is 14.0. The van der Waals surface area contributed by atoms with Gasteiger partial charge in [-0.15, -0.1) is 0 Å². The fourth-order valence-corrected chi connectivity index (χ4v) is 7.08. The molecule has 0 unspecified atom stereocenters. The monoisotopic (exact) mass is 775 g/mol. The van der Waals surface area contributed by atoms with Crippen LogP contribution >= 0.6 is 0 Å². The third-order valence-electron chi connectivity index (χ3n) is 10.2. The van der Waals surface area contributed by atoms with E-state index in [1.165, 1.54) is 11.9 Å². The maximum atomic E-state index is 12.7. The number of aromatic nitrogens is 9. The van der Waals surface area contributed by atoms with Crippen LogP contribution < -0.4 is 31.9 Å². The second-order valence-electron chi connectivity index (χ2n) is 14.0. The minimum absolute atomic E-state index is 0.0964. The molecule has 2 aliphatic heterocycles. The Labute approximate surface area is 327 Å². The van der Waals surface area contributed by atoms with Crippen molar-refractivity contribution >= 4 is 57.6 Å². The van der Waals surface area contributed by atoms with Crippen LogP contribution in [0.1, 0.15) is 53.7 Å². The first-order chi connectivity index (χ1) is 27.9. The van der Waals surface area contributed by atoms with E-state index in [0.29, 0.717) is 84.3 Å². The molecule has 1 fully saturated rings. The zero-order valence-corrected chi connectivity index (χ0v) is 31.6. The predicted molar refractivity (Wildman–Crippen MR) is 212 cm³/mol. The quantitative estimate of drug-likeness (QED) is 0.103. The standard InChI is InChI=1S/C38H45N15O4/c39-33-31-32(24-5-6-30-29(18-24)48-36(40)57-30)50-53(34(31)47-23-46-33)11-3-1-2-4-27(54)8-16-56-17-10-42-35(55)26-21-43-37(44-22-26)51-12-14-52(15-13-51)38-45-20-25-19-41-9-7-28(25)49-38/h5-6,18,20-23,41H,1-4,7-17,19H2,(H2,40,48)(H,42,55)(H2,39,46,47). The molecule has 6 aromatic rings. The molecule has 19 nitrogen and oxygen atoms in total. The van der Waals surface area contributed by atoms with Crippen molar-refractivity contribution in [1.29, 1.82) is 0 Å². The SMILES string of the molecule is Nc1nc2cc(-c3nn(CCCCCC(=O)CCOCCNC(=O)c4cnc(N5CCN(c6ncc7c(n6)CCNC7)CC5)nc4)c4ncnc(N)c34)ccc2o1. The number of anilines is 4. The number of amides is 1. The Bertz CT molecular complexity index is 2350. The Morgan fingerprint density at radius 3 is 2.54 bits per heavy atom. The average Bonchev–Trinajstić information content (AvgIpc) is 3.81. The lowest BCUT2D eigenvalue weighted by molar-refractivity contribution is -0.120. The summed E-state index contributed by atoms with van der Waals surface area (Å²) in [6, 6.07) is 5.62. The van der Waals surface area contributed by atoms with Gasteiger partial charge in [0.2, 0.25) is 11.9 Å². The van der Waals surface area contributed by atoms with E-state index in [9.17, 15) is 9.59 Å². The van der Waals surface area contributed by atoms with Crippen LogP contribution in [0.3, 0.4) is 0 Å². The number of nitrogens with two attached hydrogens (primary N) is 2. The van der Waals surface area contributed by atoms with Crippen LogP contribution in [0, 0.1) is 0 Å². The molecule has 296 valence electrons. The van der Waals surface area contributed by atoms with E-state index >= 15 is 0 Å². The molecular formula is C38H45N15O4. The first kappa shape index (κ1) is 37.6. The summed E-state index contributed by atoms with van der Waals surface area (Å²) in [5.41, 5.74) is 17.9. The van der Waals surface area contributed by atoms with Crippen LogP contribution in [0.25, 0.3) is 33.4 Å². The number of piperazine rings is 1. The van der Waals surface area contributed by atoms with Crippen molar-refractivity contribution in [2.24, 2.45) is 0 Å². The van der Waals surface area contributed by atoms with Crippen LogP contribution in [-0.4, -0.2) is 109 Å². The number of Topliss-reactive ketones (excluding diaryl/α,β-unsaturated/α-hetero) is 1. The smallest absolute Gasteiger partial charge is 0.292 e. The number of hydrogen-bond donors (Lipinski definition) is 4. The molecule has 0 aliphatic carbocycles. The minimum Gasteiger partial charge on any atom is -0.424 e. The number of hydrogen-bond acceptors (Lipinski definition) is 17. The van der Waals surface area contributed by atoms with Gasteiger partial charge >= 0.3 is 0 Å². The van der Waals surface area contributed by atoms with Gasteiger partial charge < -0.3 is 41.1 Å². The summed E-state index contributed by atoms with van der Waals surface area (Å²) in [5.74, 6) is 1.56. The van der Waals surface area contributed by atoms with Crippen LogP contribution in [0.2, 0.25) is 0 Å². The van der Waals surface area contributed by atoms with Crippen LogP contribution in [0.4, 0.5) is 23.7 Å². The van der Waals surface area contributed by atoms with Gasteiger partial charge in [-0.2, -0.15) is 10.1 Å². The third kappa shape index (κ3) is 8.73. The lowest BCUT2D eigenvalue weighted by Gasteiger charge is -2.35. The van der Waals surface area contributed by atoms with E-state index in [2.05, 4.69) is 50.3 Å². The van der Waals surface area contributed by atoms with E-state index in [1.807, 2.05) is 23.0 Å². The van der Waals surface area contributed by atoms with Gasteiger partial charge in [0, 0.05) is 101 Å². The Morgan fingerprint density at radius 2 is 1.70 bits per heavy atom. The summed E-state index contributed by atoms with van der Waals surface area (Å²) in [6.07, 6.45) is 10.5. The van der Waals surface area contributed by atoms with Gasteiger partial charge in [0.25, 0.3) is 11.9 Å². The Morgan fingerprint density at radius 1 is 0.895 bits per heavy atom. The highest BCUT2D eigenvalue weighted by molar-refractivity contribution is 5.99. The Balaban J connectivity index is 0.702. The molecule has 7 heterocycles. The molecule has 57 heavy (non-hydrogen) atoms. The Hall–Kier alpha value is -6.34. The molecule has 0 atom stereocenters. The highest BCUT2D eigenvalue weighted by atomic mass is 16.5. The van der Waals surface area contributed by atoms with Crippen molar-refractivity contribution in [1.82, 2.24) is 55.3 Å². The van der Waals surface area contributed by atoms with E-state index in [0.717, 1.165) is 82.2 Å². The summed E-state index contributed by atoms with van der Waals surface area (Å²) in [6.45, 7) is 6.24. The van der Waals surface area contributed by atoms with Gasteiger partial charge in [-0.25, -0.2) is 34.6 Å². The molecule has 2 aliphatic rings. The Kier molecular flexibility index (Phi) is 11.3. The van der Waals surface area contributed by atoms with Gasteiger partial charge in [-0.1, -0.05) is 6.42 Å². The average molecular weight is 776 g/mol. The molecule has 0 bridgehead atoms. The molecule has 6 N–H and O–H groups in total. The van der Waals surface area contributed by atoms with Crippen molar-refractivity contribution < 1.29 is 18.7 Å². The van der Waals surface area contributed by atoms with Gasteiger partial charge in [-0.05, 0) is 31.0 Å². The fourth-order valence-electron chi connectivity index (χ4n) is 7.08. The number of fused-ring (bicyclic) bond motifs is 3. The summed E-state index contributed by atoms with van der Waals surface area (Å²) < 4.78 is 12.8. The number of carbonyl (C=O) groups is 2. The summed E-state index contributed by atoms with van der Waals surface area (Å²) in [5, 5.41) is 11.7. The molecule has 0 saturated carbocycles. The van der Waals surface area contributed by atoms with E-state index < -0.39 is 0 Å². The van der Waals surface area contributed by atoms with E-state index in [4.69, 9.17) is 30.7 Å². The largest absolute Gasteiger partial charge is 0.424 e. The molecule has 1 saturated heterocycles. The highest BCUT2D eigenvalue weighted by Crippen LogP contribution is 2.32. The second kappa shape index (κ2) is 17.2. The molecule has 1 aromatic carbocycles. The lowest BCUT2D eigenvalue weighted by Crippen LogP contribution is -2.48. The van der Waals surface area contributed by atoms with Crippen molar-refractivity contribution in [3.8, 4) is 11.3 Å². The zero-order valence-electron chi connectivity index (χ0n) is 31.6. The fraction of sp³-hybridized carbons (Fsp3) is 0.421. The van der Waals surface area contributed by atoms with E-state index in [1.54, 1.807) is 18.5 Å². The first-order valence-corrected chi connectivity index (χ1v) is 19.3. The number of benzene rings is 1. The molecule has 0 radical (unpaired) electrons. The molecule has 19 heteroatoms. The molecule has 5 aromatic heterocycles. The van der Waals surface area contributed by atoms with Crippen LogP contribution in [0.5, 0.6) is 0 Å². The third-order valence-corrected chi connectivity index (χ3v) is 10.2. The number of ether oxygens (including phenoxy) is 1. The highest BCUT2D eigenvalue weighted by Gasteiger charge is 2.23. The van der Waals surface area contributed by atoms with E-state index in [-0.39, 0.29) is 17.7 Å². The van der Waals surface area contributed by atoms with Crippen molar-refractivity contribution in [2.45, 2.75) is 51.6 Å². The normalized spacial score (nSPS) is 14.3. The zero-order chi connectivity index (χ0) is 39.1. The minimum atomic E-state index is -0.278. The van der Waals surface area contributed by atoms with Crippen molar-refractivity contribution in [3.05, 3.63) is 59.9 Å². The van der Waals surface area contributed by atoms with Crippen LogP contribution in [0.15, 0.2) is 47.5 Å². The molecular weight excluding hydrogens is 731 g/mol. The number of carbonyl (C=O) groups excluding carboxylic acids is 2. The number of oxazole rings is 1. The molecule has 0 spiro atoms. The number of nitrogens with zero attached hydrogens (tertiary/aromatic N) is 11. The van der Waals surface area contributed by atoms with Crippen molar-refractivity contribution in [3.63, 3.8) is 0 Å². The number of aryl methyl sites for hydroxylation is 1. The maximum Gasteiger partial charge on any atom is 0.292 e. The van der Waals surface area contributed by atoms with Crippen molar-refractivity contribution in [2.75, 3.05) is 73.7 Å². The number of nitrogens with one attached hydrogen (secondary N) is 2. The van der Waals surface area contributed by atoms with Gasteiger partial charge in [0.05, 0.1) is 29.9 Å². The maximum absolute atomic E-state index is 12.7. The summed E-state index contributed by atoms with van der Waals surface area (Å²) >= 11 is 0. The molecule has 1 amide bonds. The topological polar surface area (TPSA) is 247 Å². The number of unbranched alkanes of at least 4 members (excludes halogenated alkanes) is 2.